The van der Waals surface area contributed by atoms with Crippen LogP contribution in [-0.2, 0) is 6.54 Å². The van der Waals surface area contributed by atoms with Crippen molar-refractivity contribution in [3.8, 4) is 0 Å². The normalized spacial score (nSPS) is 11.2. The Hall–Kier alpha value is -1.40. The Morgan fingerprint density at radius 2 is 2.33 bits per heavy atom. The van der Waals surface area contributed by atoms with E-state index in [4.69, 9.17) is 5.73 Å². The summed E-state index contributed by atoms with van der Waals surface area (Å²) in [5, 5.41) is 2.06. The Balaban J connectivity index is 2.11. The van der Waals surface area contributed by atoms with Crippen molar-refractivity contribution in [1.82, 2.24) is 14.5 Å². The molecule has 0 atom stereocenters. The molecule has 0 aliphatic carbocycles. The third-order valence-electron chi connectivity index (χ3n) is 2.80. The molecule has 0 unspecified atom stereocenters. The van der Waals surface area contributed by atoms with Crippen LogP contribution in [0.4, 0.5) is 5.95 Å². The minimum absolute atomic E-state index is 0.510. The van der Waals surface area contributed by atoms with Gasteiger partial charge in [-0.3, -0.25) is 4.57 Å². The SMILES string of the molecule is Cc1ccnc2c1nc(N)n2Cc1cc(Br)cs1. The summed E-state index contributed by atoms with van der Waals surface area (Å²) in [6.45, 7) is 2.72. The summed E-state index contributed by atoms with van der Waals surface area (Å²) >= 11 is 5.15. The molecule has 0 bridgehead atoms. The van der Waals surface area contributed by atoms with Gasteiger partial charge in [0.15, 0.2) is 5.65 Å². The number of aryl methyl sites for hydroxylation is 1. The van der Waals surface area contributed by atoms with E-state index in [0.717, 1.165) is 21.2 Å². The summed E-state index contributed by atoms with van der Waals surface area (Å²) in [6, 6.07) is 4.03. The van der Waals surface area contributed by atoms with Crippen LogP contribution in [0.5, 0.6) is 0 Å². The van der Waals surface area contributed by atoms with Crippen molar-refractivity contribution >= 4 is 44.4 Å². The highest BCUT2D eigenvalue weighted by Crippen LogP contribution is 2.24. The number of anilines is 1. The van der Waals surface area contributed by atoms with Gasteiger partial charge >= 0.3 is 0 Å². The van der Waals surface area contributed by atoms with Crippen LogP contribution in [0.25, 0.3) is 11.2 Å². The maximum absolute atomic E-state index is 5.98. The first-order chi connectivity index (χ1) is 8.65. The van der Waals surface area contributed by atoms with Crippen molar-refractivity contribution in [2.24, 2.45) is 0 Å². The Kier molecular flexibility index (Phi) is 2.83. The third-order valence-corrected chi connectivity index (χ3v) is 4.48. The first-order valence-corrected chi connectivity index (χ1v) is 7.12. The molecule has 0 aliphatic rings. The van der Waals surface area contributed by atoms with Crippen molar-refractivity contribution in [1.29, 1.82) is 0 Å². The van der Waals surface area contributed by atoms with Crippen molar-refractivity contribution in [3.63, 3.8) is 0 Å². The number of imidazole rings is 1. The van der Waals surface area contributed by atoms with Crippen LogP contribution < -0.4 is 5.73 Å². The first-order valence-electron chi connectivity index (χ1n) is 5.45. The number of nitrogens with zero attached hydrogens (tertiary/aromatic N) is 3. The van der Waals surface area contributed by atoms with Gasteiger partial charge in [-0.1, -0.05) is 0 Å². The molecule has 0 fully saturated rings. The number of hydrogen-bond acceptors (Lipinski definition) is 4. The third kappa shape index (κ3) is 1.91. The molecule has 0 amide bonds. The Morgan fingerprint density at radius 1 is 1.50 bits per heavy atom. The second-order valence-corrected chi connectivity index (χ2v) is 6.00. The molecule has 6 heteroatoms. The summed E-state index contributed by atoms with van der Waals surface area (Å²) in [5.41, 5.74) is 8.80. The number of thiophene rings is 1. The van der Waals surface area contributed by atoms with E-state index >= 15 is 0 Å². The maximum atomic E-state index is 5.98. The molecule has 3 aromatic rings. The van der Waals surface area contributed by atoms with Crippen molar-refractivity contribution in [3.05, 3.63) is 38.6 Å². The molecular weight excluding hydrogens is 312 g/mol. The van der Waals surface area contributed by atoms with Gasteiger partial charge in [0, 0.05) is 20.9 Å². The standard InChI is InChI=1S/C12H11BrN4S/c1-7-2-3-15-11-10(7)16-12(14)17(11)5-9-4-8(13)6-18-9/h2-4,6H,5H2,1H3,(H2,14,16). The molecular formula is C12H11BrN4S. The zero-order valence-electron chi connectivity index (χ0n) is 9.72. The van der Waals surface area contributed by atoms with Crippen LogP contribution in [0.1, 0.15) is 10.4 Å². The van der Waals surface area contributed by atoms with Gasteiger partial charge in [-0.05, 0) is 40.5 Å². The second kappa shape index (κ2) is 4.37. The molecule has 0 saturated heterocycles. The van der Waals surface area contributed by atoms with Crippen LogP contribution in [0.2, 0.25) is 0 Å². The summed E-state index contributed by atoms with van der Waals surface area (Å²) in [4.78, 5) is 9.98. The van der Waals surface area contributed by atoms with Crippen LogP contribution in [0, 0.1) is 6.92 Å². The largest absolute Gasteiger partial charge is 0.369 e. The summed E-state index contributed by atoms with van der Waals surface area (Å²) < 4.78 is 3.04. The molecule has 4 nitrogen and oxygen atoms in total. The van der Waals surface area contributed by atoms with Crippen molar-refractivity contribution in [2.45, 2.75) is 13.5 Å². The van der Waals surface area contributed by atoms with Gasteiger partial charge < -0.3 is 5.73 Å². The summed E-state index contributed by atoms with van der Waals surface area (Å²) in [6.07, 6.45) is 1.79. The van der Waals surface area contributed by atoms with E-state index < -0.39 is 0 Å². The quantitative estimate of drug-likeness (QED) is 0.788. The Labute approximate surface area is 117 Å². The van der Waals surface area contributed by atoms with E-state index in [9.17, 15) is 0 Å². The van der Waals surface area contributed by atoms with Gasteiger partial charge in [-0.15, -0.1) is 11.3 Å². The number of halogens is 1. The molecule has 3 aromatic heterocycles. The highest BCUT2D eigenvalue weighted by Gasteiger charge is 2.12. The highest BCUT2D eigenvalue weighted by atomic mass is 79.9. The van der Waals surface area contributed by atoms with Gasteiger partial charge in [0.1, 0.15) is 5.52 Å². The highest BCUT2D eigenvalue weighted by molar-refractivity contribution is 9.10. The molecule has 0 radical (unpaired) electrons. The fraction of sp³-hybridized carbons (Fsp3) is 0.167. The van der Waals surface area contributed by atoms with E-state index in [1.54, 1.807) is 17.5 Å². The van der Waals surface area contributed by atoms with E-state index in [0.29, 0.717) is 12.5 Å². The number of hydrogen-bond donors (Lipinski definition) is 1. The van der Waals surface area contributed by atoms with Gasteiger partial charge in [0.25, 0.3) is 0 Å². The lowest BCUT2D eigenvalue weighted by molar-refractivity contribution is 0.841. The number of rotatable bonds is 2. The smallest absolute Gasteiger partial charge is 0.202 e. The molecule has 3 rings (SSSR count). The molecule has 18 heavy (non-hydrogen) atoms. The molecule has 0 spiro atoms. The molecule has 2 N–H and O–H groups in total. The second-order valence-electron chi connectivity index (χ2n) is 4.09. The first kappa shape index (κ1) is 11.7. The predicted molar refractivity (Wildman–Crippen MR) is 77.8 cm³/mol. The fourth-order valence-corrected chi connectivity index (χ4v) is 3.34. The maximum Gasteiger partial charge on any atom is 0.202 e. The van der Waals surface area contributed by atoms with Crippen molar-refractivity contribution in [2.75, 3.05) is 5.73 Å². The van der Waals surface area contributed by atoms with E-state index in [2.05, 4.69) is 37.3 Å². The van der Waals surface area contributed by atoms with Crippen LogP contribution in [0.3, 0.4) is 0 Å². The summed E-state index contributed by atoms with van der Waals surface area (Å²) in [7, 11) is 0. The molecule has 3 heterocycles. The zero-order valence-corrected chi connectivity index (χ0v) is 12.1. The van der Waals surface area contributed by atoms with E-state index in [1.165, 1.54) is 4.88 Å². The number of nitrogen functional groups attached to an aromatic ring is 1. The van der Waals surface area contributed by atoms with Gasteiger partial charge in [0.2, 0.25) is 5.95 Å². The van der Waals surface area contributed by atoms with E-state index in [1.807, 2.05) is 17.6 Å². The minimum Gasteiger partial charge on any atom is -0.369 e. The average molecular weight is 323 g/mol. The topological polar surface area (TPSA) is 56.7 Å². The zero-order chi connectivity index (χ0) is 12.7. The predicted octanol–water partition coefficient (Wildman–Crippen LogP) is 3.19. The van der Waals surface area contributed by atoms with Crippen LogP contribution in [0.15, 0.2) is 28.2 Å². The lowest BCUT2D eigenvalue weighted by atomic mass is 10.3. The monoisotopic (exact) mass is 322 g/mol. The fourth-order valence-electron chi connectivity index (χ4n) is 1.90. The Bertz CT molecular complexity index is 716. The van der Waals surface area contributed by atoms with E-state index in [-0.39, 0.29) is 0 Å². The molecule has 92 valence electrons. The number of aromatic nitrogens is 3. The molecule has 0 aliphatic heterocycles. The van der Waals surface area contributed by atoms with Gasteiger partial charge in [0.05, 0.1) is 6.54 Å². The van der Waals surface area contributed by atoms with Crippen LogP contribution >= 0.6 is 27.3 Å². The number of fused-ring (bicyclic) bond motifs is 1. The van der Waals surface area contributed by atoms with Crippen LogP contribution in [-0.4, -0.2) is 14.5 Å². The minimum atomic E-state index is 0.510. The van der Waals surface area contributed by atoms with Gasteiger partial charge in [-0.2, -0.15) is 0 Å². The molecule has 0 saturated carbocycles. The lowest BCUT2D eigenvalue weighted by Crippen LogP contribution is -2.04. The number of pyridine rings is 1. The van der Waals surface area contributed by atoms with Gasteiger partial charge in [-0.25, -0.2) is 9.97 Å². The summed E-state index contributed by atoms with van der Waals surface area (Å²) in [5.74, 6) is 0.510. The lowest BCUT2D eigenvalue weighted by Gasteiger charge is -2.03. The van der Waals surface area contributed by atoms with Crippen molar-refractivity contribution < 1.29 is 0 Å². The molecule has 0 aromatic carbocycles. The number of nitrogens with two attached hydrogens (primary N) is 1. The Morgan fingerprint density at radius 3 is 3.06 bits per heavy atom. The average Bonchev–Trinajstić information content (AvgIpc) is 2.87.